The Balaban J connectivity index is 2.43. The summed E-state index contributed by atoms with van der Waals surface area (Å²) in [5, 5.41) is 0. The van der Waals surface area contributed by atoms with Crippen molar-refractivity contribution in [3.05, 3.63) is 0 Å². The second-order valence-electron chi connectivity index (χ2n) is 6.25. The molecule has 96 valence electrons. The fourth-order valence-corrected chi connectivity index (χ4v) is 2.07. The first-order valence-corrected chi connectivity index (χ1v) is 6.95. The van der Waals surface area contributed by atoms with Crippen LogP contribution in [0.2, 0.25) is 0 Å². The SMILES string of the molecule is CCC(C)(CN)CN(CCC(C)C)C1CC1. The summed E-state index contributed by atoms with van der Waals surface area (Å²) >= 11 is 0. The van der Waals surface area contributed by atoms with Crippen LogP contribution >= 0.6 is 0 Å². The molecule has 0 amide bonds. The standard InChI is InChI=1S/C14H30N2/c1-5-14(4,10-15)11-16(13-6-7-13)9-8-12(2)3/h12-13H,5-11,15H2,1-4H3. The maximum atomic E-state index is 5.92. The first-order chi connectivity index (χ1) is 7.50. The summed E-state index contributed by atoms with van der Waals surface area (Å²) in [6, 6.07) is 0.871. The number of hydrogen-bond acceptors (Lipinski definition) is 2. The van der Waals surface area contributed by atoms with E-state index in [1.165, 1.54) is 38.8 Å². The van der Waals surface area contributed by atoms with Crippen LogP contribution in [0.5, 0.6) is 0 Å². The van der Waals surface area contributed by atoms with Gasteiger partial charge in [0.05, 0.1) is 0 Å². The van der Waals surface area contributed by atoms with Gasteiger partial charge >= 0.3 is 0 Å². The normalized spacial score (nSPS) is 20.4. The molecule has 0 spiro atoms. The van der Waals surface area contributed by atoms with Crippen molar-refractivity contribution in [3.8, 4) is 0 Å². The van der Waals surface area contributed by atoms with Gasteiger partial charge in [-0.15, -0.1) is 0 Å². The second-order valence-corrected chi connectivity index (χ2v) is 6.25. The summed E-state index contributed by atoms with van der Waals surface area (Å²) in [7, 11) is 0. The van der Waals surface area contributed by atoms with Crippen molar-refractivity contribution < 1.29 is 0 Å². The highest BCUT2D eigenvalue weighted by Gasteiger charge is 2.33. The van der Waals surface area contributed by atoms with Gasteiger partial charge in [-0.05, 0) is 50.1 Å². The number of hydrogen-bond donors (Lipinski definition) is 1. The molecule has 0 radical (unpaired) electrons. The largest absolute Gasteiger partial charge is 0.330 e. The van der Waals surface area contributed by atoms with Crippen molar-refractivity contribution in [2.24, 2.45) is 17.1 Å². The zero-order valence-electron chi connectivity index (χ0n) is 11.6. The minimum Gasteiger partial charge on any atom is -0.330 e. The van der Waals surface area contributed by atoms with Crippen LogP contribution in [0.3, 0.4) is 0 Å². The first kappa shape index (κ1) is 14.0. The lowest BCUT2D eigenvalue weighted by atomic mass is 9.87. The molecule has 0 aromatic rings. The van der Waals surface area contributed by atoms with E-state index >= 15 is 0 Å². The Morgan fingerprint density at radius 3 is 2.38 bits per heavy atom. The molecule has 2 heteroatoms. The van der Waals surface area contributed by atoms with Crippen molar-refractivity contribution in [2.45, 2.75) is 59.4 Å². The van der Waals surface area contributed by atoms with E-state index in [4.69, 9.17) is 5.73 Å². The lowest BCUT2D eigenvalue weighted by Crippen LogP contribution is -2.42. The topological polar surface area (TPSA) is 29.3 Å². The highest BCUT2D eigenvalue weighted by Crippen LogP contribution is 2.31. The van der Waals surface area contributed by atoms with Gasteiger partial charge in [0.1, 0.15) is 0 Å². The minimum absolute atomic E-state index is 0.319. The Hall–Kier alpha value is -0.0800. The van der Waals surface area contributed by atoms with Gasteiger partial charge < -0.3 is 5.73 Å². The van der Waals surface area contributed by atoms with Crippen LogP contribution in [0, 0.1) is 11.3 Å². The van der Waals surface area contributed by atoms with Crippen LogP contribution < -0.4 is 5.73 Å². The summed E-state index contributed by atoms with van der Waals surface area (Å²) in [5.74, 6) is 0.812. The van der Waals surface area contributed by atoms with Crippen molar-refractivity contribution in [3.63, 3.8) is 0 Å². The fourth-order valence-electron chi connectivity index (χ4n) is 2.07. The van der Waals surface area contributed by atoms with E-state index in [-0.39, 0.29) is 0 Å². The summed E-state index contributed by atoms with van der Waals surface area (Å²) in [5.41, 5.74) is 6.23. The minimum atomic E-state index is 0.319. The van der Waals surface area contributed by atoms with Gasteiger partial charge in [-0.1, -0.05) is 27.7 Å². The first-order valence-electron chi connectivity index (χ1n) is 6.95. The molecule has 0 aromatic heterocycles. The van der Waals surface area contributed by atoms with E-state index < -0.39 is 0 Å². The third-order valence-corrected chi connectivity index (χ3v) is 3.99. The second kappa shape index (κ2) is 6.02. The van der Waals surface area contributed by atoms with Crippen LogP contribution in [0.1, 0.15) is 53.4 Å². The van der Waals surface area contributed by atoms with Gasteiger partial charge in [0.2, 0.25) is 0 Å². The molecule has 0 aromatic carbocycles. The van der Waals surface area contributed by atoms with Crippen molar-refractivity contribution in [1.29, 1.82) is 0 Å². The molecule has 1 aliphatic rings. The summed E-state index contributed by atoms with van der Waals surface area (Å²) in [4.78, 5) is 2.69. The zero-order chi connectivity index (χ0) is 12.2. The molecule has 2 N–H and O–H groups in total. The molecule has 16 heavy (non-hydrogen) atoms. The summed E-state index contributed by atoms with van der Waals surface area (Å²) in [6.07, 6.45) is 5.32. The van der Waals surface area contributed by atoms with Gasteiger partial charge in [-0.3, -0.25) is 4.90 Å². The van der Waals surface area contributed by atoms with Gasteiger partial charge in [0, 0.05) is 12.6 Å². The van der Waals surface area contributed by atoms with Gasteiger partial charge in [-0.2, -0.15) is 0 Å². The van der Waals surface area contributed by atoms with E-state index in [9.17, 15) is 0 Å². The van der Waals surface area contributed by atoms with Crippen molar-refractivity contribution >= 4 is 0 Å². The lowest BCUT2D eigenvalue weighted by Gasteiger charge is -2.34. The summed E-state index contributed by atoms with van der Waals surface area (Å²) in [6.45, 7) is 12.5. The third-order valence-electron chi connectivity index (χ3n) is 3.99. The lowest BCUT2D eigenvalue weighted by molar-refractivity contribution is 0.150. The van der Waals surface area contributed by atoms with Crippen molar-refractivity contribution in [1.82, 2.24) is 4.90 Å². The predicted octanol–water partition coefficient (Wildman–Crippen LogP) is 2.87. The summed E-state index contributed by atoms with van der Waals surface area (Å²) < 4.78 is 0. The molecular formula is C14H30N2. The van der Waals surface area contributed by atoms with Gasteiger partial charge in [0.15, 0.2) is 0 Å². The smallest absolute Gasteiger partial charge is 0.00966 e. The highest BCUT2D eigenvalue weighted by molar-refractivity contribution is 4.89. The number of nitrogens with two attached hydrogens (primary N) is 1. The van der Waals surface area contributed by atoms with Gasteiger partial charge in [-0.25, -0.2) is 0 Å². The molecule has 1 aliphatic carbocycles. The zero-order valence-corrected chi connectivity index (χ0v) is 11.6. The number of nitrogens with zero attached hydrogens (tertiary/aromatic N) is 1. The molecule has 0 heterocycles. The Labute approximate surface area is 102 Å². The molecular weight excluding hydrogens is 196 g/mol. The van der Waals surface area contributed by atoms with E-state index in [0.29, 0.717) is 5.41 Å². The average molecular weight is 226 g/mol. The molecule has 0 aliphatic heterocycles. The quantitative estimate of drug-likeness (QED) is 0.689. The molecule has 2 nitrogen and oxygen atoms in total. The van der Waals surface area contributed by atoms with Crippen LogP contribution in [0.4, 0.5) is 0 Å². The average Bonchev–Trinajstić information content (AvgIpc) is 3.07. The number of rotatable bonds is 8. The molecule has 0 bridgehead atoms. The predicted molar refractivity (Wildman–Crippen MR) is 71.5 cm³/mol. The Morgan fingerprint density at radius 2 is 2.00 bits per heavy atom. The van der Waals surface area contributed by atoms with Crippen LogP contribution in [0.25, 0.3) is 0 Å². The van der Waals surface area contributed by atoms with E-state index in [2.05, 4.69) is 32.6 Å². The fraction of sp³-hybridized carbons (Fsp3) is 1.00. The van der Waals surface area contributed by atoms with Crippen LogP contribution in [0.15, 0.2) is 0 Å². The maximum absolute atomic E-state index is 5.92. The molecule has 1 atom stereocenters. The van der Waals surface area contributed by atoms with Crippen LogP contribution in [-0.4, -0.2) is 30.6 Å². The van der Waals surface area contributed by atoms with Crippen LogP contribution in [-0.2, 0) is 0 Å². The maximum Gasteiger partial charge on any atom is 0.00966 e. The molecule has 1 rings (SSSR count). The van der Waals surface area contributed by atoms with E-state index in [0.717, 1.165) is 18.5 Å². The van der Waals surface area contributed by atoms with E-state index in [1.807, 2.05) is 0 Å². The highest BCUT2D eigenvalue weighted by atomic mass is 15.2. The Morgan fingerprint density at radius 1 is 1.38 bits per heavy atom. The molecule has 0 saturated heterocycles. The molecule has 1 saturated carbocycles. The van der Waals surface area contributed by atoms with Crippen molar-refractivity contribution in [2.75, 3.05) is 19.6 Å². The third kappa shape index (κ3) is 4.42. The molecule has 1 fully saturated rings. The monoisotopic (exact) mass is 226 g/mol. The Kier molecular flexibility index (Phi) is 5.26. The molecule has 1 unspecified atom stereocenters. The Bertz CT molecular complexity index is 193. The van der Waals surface area contributed by atoms with E-state index in [1.54, 1.807) is 0 Å². The van der Waals surface area contributed by atoms with Gasteiger partial charge in [0.25, 0.3) is 0 Å².